The van der Waals surface area contributed by atoms with E-state index in [1.807, 2.05) is 17.0 Å². The molecule has 5 nitrogen and oxygen atoms in total. The molecule has 2 amide bonds. The van der Waals surface area contributed by atoms with Gasteiger partial charge in [0.25, 0.3) is 0 Å². The van der Waals surface area contributed by atoms with E-state index in [0.717, 1.165) is 31.6 Å². The van der Waals surface area contributed by atoms with Crippen molar-refractivity contribution in [3.63, 3.8) is 0 Å². The van der Waals surface area contributed by atoms with E-state index in [-0.39, 0.29) is 23.1 Å². The third kappa shape index (κ3) is 2.60. The smallest absolute Gasteiger partial charge is 0.228 e. The Kier molecular flexibility index (Phi) is 3.17. The summed E-state index contributed by atoms with van der Waals surface area (Å²) in [6.07, 6.45) is 8.35. The molecule has 116 valence electrons. The summed E-state index contributed by atoms with van der Waals surface area (Å²) in [6.45, 7) is 1.59. The van der Waals surface area contributed by atoms with E-state index in [1.54, 1.807) is 12.4 Å². The summed E-state index contributed by atoms with van der Waals surface area (Å²) in [6, 6.07) is 3.66. The van der Waals surface area contributed by atoms with Crippen LogP contribution in [0.2, 0.25) is 0 Å². The lowest BCUT2D eigenvalue weighted by Crippen LogP contribution is -2.30. The number of pyridine rings is 1. The molecule has 1 aromatic rings. The van der Waals surface area contributed by atoms with Gasteiger partial charge in [-0.3, -0.25) is 14.6 Å². The van der Waals surface area contributed by atoms with Gasteiger partial charge in [0.1, 0.15) is 0 Å². The Morgan fingerprint density at radius 1 is 1.41 bits per heavy atom. The first-order valence-electron chi connectivity index (χ1n) is 8.15. The van der Waals surface area contributed by atoms with Crippen LogP contribution in [0.25, 0.3) is 0 Å². The lowest BCUT2D eigenvalue weighted by Gasteiger charge is -2.16. The minimum absolute atomic E-state index is 0.0471. The molecule has 22 heavy (non-hydrogen) atoms. The zero-order valence-corrected chi connectivity index (χ0v) is 12.6. The van der Waals surface area contributed by atoms with Gasteiger partial charge in [-0.25, -0.2) is 0 Å². The molecule has 2 unspecified atom stereocenters. The van der Waals surface area contributed by atoms with E-state index in [1.165, 1.54) is 12.8 Å². The highest BCUT2D eigenvalue weighted by Crippen LogP contribution is 2.59. The molecular formula is C17H21N3O2. The van der Waals surface area contributed by atoms with Crippen LogP contribution in [0.5, 0.6) is 0 Å². The summed E-state index contributed by atoms with van der Waals surface area (Å²) in [4.78, 5) is 30.5. The Bertz CT molecular complexity index is 599. The minimum atomic E-state index is 0.0471. The molecule has 2 saturated carbocycles. The first kappa shape index (κ1) is 13.7. The van der Waals surface area contributed by atoms with Crippen molar-refractivity contribution in [2.75, 3.05) is 18.4 Å². The molecule has 1 spiro atoms. The first-order chi connectivity index (χ1) is 10.7. The fourth-order valence-corrected chi connectivity index (χ4v) is 3.64. The van der Waals surface area contributed by atoms with Gasteiger partial charge in [0.2, 0.25) is 11.8 Å². The van der Waals surface area contributed by atoms with Crippen LogP contribution in [0.1, 0.15) is 32.1 Å². The maximum absolute atomic E-state index is 12.4. The van der Waals surface area contributed by atoms with Gasteiger partial charge in [0, 0.05) is 37.0 Å². The zero-order chi connectivity index (χ0) is 15.2. The lowest BCUT2D eigenvalue weighted by atomic mass is 10.0. The van der Waals surface area contributed by atoms with Crippen LogP contribution in [-0.4, -0.2) is 34.8 Å². The number of carbonyl (C=O) groups excluding carboxylic acids is 2. The summed E-state index contributed by atoms with van der Waals surface area (Å²) in [5.41, 5.74) is 0.792. The number of hydrogen-bond acceptors (Lipinski definition) is 3. The molecule has 2 atom stereocenters. The second kappa shape index (κ2) is 5.07. The van der Waals surface area contributed by atoms with E-state index < -0.39 is 0 Å². The van der Waals surface area contributed by atoms with E-state index in [0.29, 0.717) is 12.3 Å². The number of likely N-dealkylation sites (tertiary alicyclic amines) is 1. The number of hydrogen-bond donors (Lipinski definition) is 1. The second-order valence-electron chi connectivity index (χ2n) is 7.06. The predicted octanol–water partition coefficient (Wildman–Crippen LogP) is 2.06. The molecule has 2 aliphatic carbocycles. The number of aromatic nitrogens is 1. The number of anilines is 1. The van der Waals surface area contributed by atoms with E-state index >= 15 is 0 Å². The summed E-state index contributed by atoms with van der Waals surface area (Å²) in [5, 5.41) is 2.94. The Labute approximate surface area is 130 Å². The highest BCUT2D eigenvalue weighted by atomic mass is 16.2. The van der Waals surface area contributed by atoms with Gasteiger partial charge in [-0.15, -0.1) is 0 Å². The fraction of sp³-hybridized carbons (Fsp3) is 0.588. The molecule has 1 saturated heterocycles. The van der Waals surface area contributed by atoms with Crippen molar-refractivity contribution in [3.8, 4) is 0 Å². The van der Waals surface area contributed by atoms with Crippen LogP contribution >= 0.6 is 0 Å². The van der Waals surface area contributed by atoms with Gasteiger partial charge in [0.05, 0.1) is 11.9 Å². The normalized spacial score (nSPS) is 29.6. The molecule has 5 heteroatoms. The number of nitrogens with zero attached hydrogens (tertiary/aromatic N) is 2. The van der Waals surface area contributed by atoms with Crippen LogP contribution in [0.4, 0.5) is 5.69 Å². The molecule has 1 aromatic heterocycles. The molecule has 3 fully saturated rings. The largest absolute Gasteiger partial charge is 0.342 e. The number of amides is 2. The number of rotatable bonds is 4. The van der Waals surface area contributed by atoms with Crippen molar-refractivity contribution in [1.29, 1.82) is 0 Å². The molecule has 1 N–H and O–H groups in total. The Morgan fingerprint density at radius 2 is 2.27 bits per heavy atom. The van der Waals surface area contributed by atoms with E-state index in [4.69, 9.17) is 0 Å². The molecule has 1 aliphatic heterocycles. The topological polar surface area (TPSA) is 62.3 Å². The van der Waals surface area contributed by atoms with Gasteiger partial charge in [-0.1, -0.05) is 0 Å². The van der Waals surface area contributed by atoms with Crippen molar-refractivity contribution < 1.29 is 9.59 Å². The fourth-order valence-electron chi connectivity index (χ4n) is 3.64. The van der Waals surface area contributed by atoms with Gasteiger partial charge >= 0.3 is 0 Å². The van der Waals surface area contributed by atoms with Crippen LogP contribution in [0.15, 0.2) is 24.5 Å². The highest BCUT2D eigenvalue weighted by molar-refractivity contribution is 5.95. The minimum Gasteiger partial charge on any atom is -0.342 e. The average Bonchev–Trinajstić information content (AvgIpc) is 3.39. The summed E-state index contributed by atoms with van der Waals surface area (Å²) >= 11 is 0. The van der Waals surface area contributed by atoms with Gasteiger partial charge in [-0.05, 0) is 43.7 Å². The summed E-state index contributed by atoms with van der Waals surface area (Å²) < 4.78 is 0. The maximum Gasteiger partial charge on any atom is 0.228 e. The quantitative estimate of drug-likeness (QED) is 0.925. The summed E-state index contributed by atoms with van der Waals surface area (Å²) in [7, 11) is 0. The van der Waals surface area contributed by atoms with Crippen molar-refractivity contribution in [2.45, 2.75) is 32.1 Å². The van der Waals surface area contributed by atoms with Gasteiger partial charge < -0.3 is 10.2 Å². The molecule has 0 bridgehead atoms. The maximum atomic E-state index is 12.4. The van der Waals surface area contributed by atoms with Crippen LogP contribution in [-0.2, 0) is 9.59 Å². The SMILES string of the molecule is O=C(Nc1cccnc1)C1CC12CCN(C(=O)CC1CC1)C2. The van der Waals surface area contributed by atoms with Gasteiger partial charge in [-0.2, -0.15) is 0 Å². The molecule has 3 aliphatic rings. The Morgan fingerprint density at radius 3 is 3.00 bits per heavy atom. The van der Waals surface area contributed by atoms with Gasteiger partial charge in [0.15, 0.2) is 0 Å². The van der Waals surface area contributed by atoms with Crippen molar-refractivity contribution in [3.05, 3.63) is 24.5 Å². The monoisotopic (exact) mass is 299 g/mol. The third-order valence-electron chi connectivity index (χ3n) is 5.33. The van der Waals surface area contributed by atoms with Crippen molar-refractivity contribution >= 4 is 17.5 Å². The predicted molar refractivity (Wildman–Crippen MR) is 81.9 cm³/mol. The molecule has 4 rings (SSSR count). The molecule has 0 radical (unpaired) electrons. The van der Waals surface area contributed by atoms with Crippen molar-refractivity contribution in [2.24, 2.45) is 17.3 Å². The van der Waals surface area contributed by atoms with E-state index in [2.05, 4.69) is 10.3 Å². The third-order valence-corrected chi connectivity index (χ3v) is 5.33. The number of nitrogens with one attached hydrogen (secondary N) is 1. The van der Waals surface area contributed by atoms with E-state index in [9.17, 15) is 9.59 Å². The Balaban J connectivity index is 1.33. The molecule has 2 heterocycles. The van der Waals surface area contributed by atoms with Crippen molar-refractivity contribution in [1.82, 2.24) is 9.88 Å². The average molecular weight is 299 g/mol. The summed E-state index contributed by atoms with van der Waals surface area (Å²) in [5.74, 6) is 1.04. The lowest BCUT2D eigenvalue weighted by molar-refractivity contribution is -0.131. The zero-order valence-electron chi connectivity index (χ0n) is 12.6. The van der Waals surface area contributed by atoms with Crippen LogP contribution in [0, 0.1) is 17.3 Å². The molecular weight excluding hydrogens is 278 g/mol. The van der Waals surface area contributed by atoms with Crippen LogP contribution < -0.4 is 5.32 Å². The number of carbonyl (C=O) groups is 2. The Hall–Kier alpha value is -1.91. The first-order valence-corrected chi connectivity index (χ1v) is 8.15. The standard InChI is InChI=1S/C17H21N3O2/c21-15(8-12-3-4-12)20-7-5-17(11-20)9-14(17)16(22)19-13-2-1-6-18-10-13/h1-2,6,10,12,14H,3-5,7-9,11H2,(H,19,22). The van der Waals surface area contributed by atoms with Crippen LogP contribution in [0.3, 0.4) is 0 Å². The second-order valence-corrected chi connectivity index (χ2v) is 7.06. The molecule has 0 aromatic carbocycles. The highest BCUT2D eigenvalue weighted by Gasteiger charge is 2.61.